The third-order valence-corrected chi connectivity index (χ3v) is 4.28. The summed E-state index contributed by atoms with van der Waals surface area (Å²) in [7, 11) is 0. The Kier molecular flexibility index (Phi) is 5.27. The average molecular weight is 336 g/mol. The van der Waals surface area contributed by atoms with E-state index in [0.29, 0.717) is 19.8 Å². The molecule has 2 aliphatic heterocycles. The number of carbonyl (C=O) groups excluding carboxylic acids is 2. The summed E-state index contributed by atoms with van der Waals surface area (Å²) in [5.74, 6) is -0.549. The van der Waals surface area contributed by atoms with Gasteiger partial charge in [-0.25, -0.2) is 9.18 Å². The van der Waals surface area contributed by atoms with Crippen LogP contribution in [-0.2, 0) is 9.53 Å². The molecule has 0 unspecified atom stereocenters. The summed E-state index contributed by atoms with van der Waals surface area (Å²) in [4.78, 5) is 25.5. The van der Waals surface area contributed by atoms with Crippen molar-refractivity contribution in [2.24, 2.45) is 0 Å². The van der Waals surface area contributed by atoms with Gasteiger partial charge >= 0.3 is 6.03 Å². The zero-order valence-electron chi connectivity index (χ0n) is 13.3. The Morgan fingerprint density at radius 1 is 1.42 bits per heavy atom. The molecule has 0 radical (unpaired) electrons. The van der Waals surface area contributed by atoms with E-state index in [2.05, 4.69) is 20.9 Å². The molecule has 3 N–H and O–H groups in total. The van der Waals surface area contributed by atoms with Crippen LogP contribution in [0, 0.1) is 5.82 Å². The zero-order chi connectivity index (χ0) is 16.9. The number of benzene rings is 1. The molecular formula is C16H21FN4O3. The average Bonchev–Trinajstić information content (AvgIpc) is 3.02. The van der Waals surface area contributed by atoms with Crippen molar-refractivity contribution in [3.8, 4) is 0 Å². The standard InChI is InChI=1S/C16H21FN4O3/c17-12-3-1-2-11(8-12)14(21-4-6-24-7-5-21)10-18-15(22)13-9-19-16(23)20-13/h1-3,8,13-14H,4-7,9-10H2,(H,18,22)(H2,19,20,23)/t13-,14+/m0/s1. The lowest BCUT2D eigenvalue weighted by Crippen LogP contribution is -2.48. The monoisotopic (exact) mass is 336 g/mol. The van der Waals surface area contributed by atoms with E-state index < -0.39 is 6.04 Å². The maximum absolute atomic E-state index is 13.6. The Bertz CT molecular complexity index is 607. The maximum atomic E-state index is 13.6. The largest absolute Gasteiger partial charge is 0.379 e. The fraction of sp³-hybridized carbons (Fsp3) is 0.500. The third-order valence-electron chi connectivity index (χ3n) is 4.28. The minimum Gasteiger partial charge on any atom is -0.379 e. The molecule has 3 amide bonds. The molecule has 24 heavy (non-hydrogen) atoms. The first-order valence-electron chi connectivity index (χ1n) is 8.03. The number of urea groups is 1. The molecule has 1 aromatic carbocycles. The zero-order valence-corrected chi connectivity index (χ0v) is 13.3. The molecule has 0 aliphatic carbocycles. The third kappa shape index (κ3) is 4.01. The molecule has 0 bridgehead atoms. The summed E-state index contributed by atoms with van der Waals surface area (Å²) in [6.45, 7) is 3.28. The first kappa shape index (κ1) is 16.7. The van der Waals surface area contributed by atoms with Gasteiger partial charge in [-0.1, -0.05) is 12.1 Å². The number of amides is 3. The summed E-state index contributed by atoms with van der Waals surface area (Å²) < 4.78 is 19.0. The van der Waals surface area contributed by atoms with E-state index in [1.807, 2.05) is 6.07 Å². The van der Waals surface area contributed by atoms with Crippen LogP contribution in [0.4, 0.5) is 9.18 Å². The van der Waals surface area contributed by atoms with Crippen molar-refractivity contribution in [1.82, 2.24) is 20.9 Å². The van der Waals surface area contributed by atoms with Gasteiger partial charge in [0, 0.05) is 26.2 Å². The Morgan fingerprint density at radius 3 is 2.88 bits per heavy atom. The molecule has 2 fully saturated rings. The van der Waals surface area contributed by atoms with Crippen molar-refractivity contribution in [1.29, 1.82) is 0 Å². The van der Waals surface area contributed by atoms with Gasteiger partial charge < -0.3 is 20.7 Å². The number of hydrogen-bond donors (Lipinski definition) is 3. The van der Waals surface area contributed by atoms with E-state index >= 15 is 0 Å². The molecule has 3 rings (SSSR count). The van der Waals surface area contributed by atoms with Crippen molar-refractivity contribution in [2.45, 2.75) is 12.1 Å². The van der Waals surface area contributed by atoms with E-state index in [4.69, 9.17) is 4.74 Å². The van der Waals surface area contributed by atoms with Gasteiger partial charge in [0.05, 0.1) is 19.3 Å². The van der Waals surface area contributed by atoms with E-state index in [9.17, 15) is 14.0 Å². The number of nitrogens with zero attached hydrogens (tertiary/aromatic N) is 1. The van der Waals surface area contributed by atoms with Crippen LogP contribution in [0.25, 0.3) is 0 Å². The smallest absolute Gasteiger partial charge is 0.315 e. The van der Waals surface area contributed by atoms with Crippen LogP contribution < -0.4 is 16.0 Å². The van der Waals surface area contributed by atoms with Crippen molar-refractivity contribution < 1.29 is 18.7 Å². The molecule has 8 heteroatoms. The van der Waals surface area contributed by atoms with Crippen LogP contribution in [0.3, 0.4) is 0 Å². The number of carbonyl (C=O) groups is 2. The second-order valence-corrected chi connectivity index (χ2v) is 5.87. The van der Waals surface area contributed by atoms with E-state index in [-0.39, 0.29) is 30.3 Å². The van der Waals surface area contributed by atoms with Crippen LogP contribution in [-0.4, -0.2) is 62.3 Å². The second kappa shape index (κ2) is 7.59. The number of nitrogens with one attached hydrogen (secondary N) is 3. The summed E-state index contributed by atoms with van der Waals surface area (Å²) in [5, 5.41) is 7.97. The van der Waals surface area contributed by atoms with Crippen LogP contribution in [0.2, 0.25) is 0 Å². The molecule has 2 atom stereocenters. The van der Waals surface area contributed by atoms with Gasteiger partial charge in [0.2, 0.25) is 5.91 Å². The van der Waals surface area contributed by atoms with Gasteiger partial charge in [0.1, 0.15) is 11.9 Å². The molecule has 2 aliphatic rings. The lowest BCUT2D eigenvalue weighted by Gasteiger charge is -2.35. The van der Waals surface area contributed by atoms with Crippen molar-refractivity contribution in [3.05, 3.63) is 35.6 Å². The van der Waals surface area contributed by atoms with Crippen LogP contribution >= 0.6 is 0 Å². The first-order valence-corrected chi connectivity index (χ1v) is 8.03. The fourth-order valence-electron chi connectivity index (χ4n) is 2.99. The molecule has 0 aromatic heterocycles. The van der Waals surface area contributed by atoms with Gasteiger partial charge in [-0.3, -0.25) is 9.69 Å². The van der Waals surface area contributed by atoms with Gasteiger partial charge in [-0.05, 0) is 17.7 Å². The number of ether oxygens (including phenoxy) is 1. The van der Waals surface area contributed by atoms with E-state index in [1.54, 1.807) is 6.07 Å². The lowest BCUT2D eigenvalue weighted by atomic mass is 10.0. The van der Waals surface area contributed by atoms with Crippen LogP contribution in [0.5, 0.6) is 0 Å². The van der Waals surface area contributed by atoms with Crippen molar-refractivity contribution >= 4 is 11.9 Å². The highest BCUT2D eigenvalue weighted by Gasteiger charge is 2.28. The SMILES string of the molecule is O=C1NC[C@@H](C(=O)NC[C@H](c2cccc(F)c2)N2CCOCC2)N1. The molecule has 7 nitrogen and oxygen atoms in total. The predicted molar refractivity (Wildman–Crippen MR) is 84.9 cm³/mol. The van der Waals surface area contributed by atoms with E-state index in [1.165, 1.54) is 12.1 Å². The van der Waals surface area contributed by atoms with Crippen LogP contribution in [0.15, 0.2) is 24.3 Å². The predicted octanol–water partition coefficient (Wildman–Crippen LogP) is -0.00340. The first-order chi connectivity index (χ1) is 11.6. The topological polar surface area (TPSA) is 82.7 Å². The van der Waals surface area contributed by atoms with Crippen LogP contribution in [0.1, 0.15) is 11.6 Å². The van der Waals surface area contributed by atoms with Gasteiger partial charge in [-0.15, -0.1) is 0 Å². The second-order valence-electron chi connectivity index (χ2n) is 5.87. The van der Waals surface area contributed by atoms with Crippen molar-refractivity contribution in [2.75, 3.05) is 39.4 Å². The number of hydrogen-bond acceptors (Lipinski definition) is 4. The van der Waals surface area contributed by atoms with Crippen molar-refractivity contribution in [3.63, 3.8) is 0 Å². The number of halogens is 1. The lowest BCUT2D eigenvalue weighted by molar-refractivity contribution is -0.122. The summed E-state index contributed by atoms with van der Waals surface area (Å²) in [6.07, 6.45) is 0. The Hall–Kier alpha value is -2.19. The van der Waals surface area contributed by atoms with E-state index in [0.717, 1.165) is 18.7 Å². The molecule has 0 saturated carbocycles. The molecule has 1 aromatic rings. The minimum absolute atomic E-state index is 0.140. The normalized spacial score (nSPS) is 22.5. The summed E-state index contributed by atoms with van der Waals surface area (Å²) in [6, 6.07) is 5.36. The highest BCUT2D eigenvalue weighted by Crippen LogP contribution is 2.22. The molecule has 2 saturated heterocycles. The number of morpholine rings is 1. The molecular weight excluding hydrogens is 315 g/mol. The summed E-state index contributed by atoms with van der Waals surface area (Å²) >= 11 is 0. The minimum atomic E-state index is -0.574. The molecule has 130 valence electrons. The van der Waals surface area contributed by atoms with Gasteiger partial charge in [-0.2, -0.15) is 0 Å². The fourth-order valence-corrected chi connectivity index (χ4v) is 2.99. The Balaban J connectivity index is 1.67. The number of rotatable bonds is 5. The highest BCUT2D eigenvalue weighted by molar-refractivity contribution is 5.90. The maximum Gasteiger partial charge on any atom is 0.315 e. The Morgan fingerprint density at radius 2 is 2.21 bits per heavy atom. The Labute approximate surface area is 139 Å². The molecule has 2 heterocycles. The quantitative estimate of drug-likeness (QED) is 0.707. The van der Waals surface area contributed by atoms with Gasteiger partial charge in [0.15, 0.2) is 0 Å². The molecule has 0 spiro atoms. The van der Waals surface area contributed by atoms with Gasteiger partial charge in [0.25, 0.3) is 0 Å². The highest BCUT2D eigenvalue weighted by atomic mass is 19.1. The summed E-state index contributed by atoms with van der Waals surface area (Å²) in [5.41, 5.74) is 0.811.